The molecule has 0 aliphatic heterocycles. The molecule has 1 aliphatic carbocycles. The molecule has 1 fully saturated rings. The maximum Gasteiger partial charge on any atom is 0.305 e. The fourth-order valence-corrected chi connectivity index (χ4v) is 2.04. The summed E-state index contributed by atoms with van der Waals surface area (Å²) in [5.74, 6) is -0.503. The number of aliphatic carboxylic acids is 1. The molecule has 1 amide bonds. The van der Waals surface area contributed by atoms with Crippen molar-refractivity contribution in [1.82, 2.24) is 4.98 Å². The van der Waals surface area contributed by atoms with Crippen molar-refractivity contribution in [3.05, 3.63) is 24.1 Å². The summed E-state index contributed by atoms with van der Waals surface area (Å²) in [6.07, 6.45) is 1.78. The first-order chi connectivity index (χ1) is 10.0. The number of fused-ring (bicyclic) bond motifs is 1. The number of benzene rings is 1. The molecule has 1 atom stereocenters. The Bertz CT molecular complexity index is 705. The second kappa shape index (κ2) is 5.17. The largest absolute Gasteiger partial charge is 0.481 e. The summed E-state index contributed by atoms with van der Waals surface area (Å²) >= 11 is 0. The normalized spacial score (nSPS) is 15.9. The third-order valence-electron chi connectivity index (χ3n) is 3.33. The summed E-state index contributed by atoms with van der Waals surface area (Å²) in [4.78, 5) is 26.7. The number of nitrogens with zero attached hydrogens (tertiary/aromatic N) is 1. The Labute approximate surface area is 120 Å². The molecule has 1 saturated carbocycles. The fraction of sp³-hybridized carbons (Fsp3) is 0.357. The second-order valence-electron chi connectivity index (χ2n) is 5.20. The van der Waals surface area contributed by atoms with Crippen LogP contribution in [0.15, 0.2) is 22.6 Å². The minimum atomic E-state index is -1.11. The van der Waals surface area contributed by atoms with Crippen molar-refractivity contribution in [1.29, 1.82) is 0 Å². The number of carboxylic acid groups (broad SMARTS) is 1. The quantitative estimate of drug-likeness (QED) is 0.766. The van der Waals surface area contributed by atoms with E-state index in [9.17, 15) is 9.59 Å². The van der Waals surface area contributed by atoms with Gasteiger partial charge in [0.25, 0.3) is 0 Å². The first-order valence-electron chi connectivity index (χ1n) is 6.71. The minimum Gasteiger partial charge on any atom is -0.481 e. The lowest BCUT2D eigenvalue weighted by Gasteiger charge is -2.09. The second-order valence-corrected chi connectivity index (χ2v) is 5.20. The van der Waals surface area contributed by atoms with E-state index >= 15 is 0 Å². The summed E-state index contributed by atoms with van der Waals surface area (Å²) < 4.78 is 5.63. The Morgan fingerprint density at radius 3 is 2.90 bits per heavy atom. The van der Waals surface area contributed by atoms with Crippen molar-refractivity contribution in [3.8, 4) is 0 Å². The first kappa shape index (κ1) is 13.6. The average Bonchev–Trinajstić information content (AvgIpc) is 3.18. The van der Waals surface area contributed by atoms with Crippen LogP contribution in [-0.2, 0) is 9.59 Å². The predicted octanol–water partition coefficient (Wildman–Crippen LogP) is 1.45. The zero-order chi connectivity index (χ0) is 15.0. The zero-order valence-electron chi connectivity index (χ0n) is 11.2. The molecule has 3 rings (SSSR count). The molecule has 1 aromatic heterocycles. The number of carbonyl (C=O) groups excluding carboxylic acids is 1. The van der Waals surface area contributed by atoms with Gasteiger partial charge in [-0.15, -0.1) is 0 Å². The zero-order valence-corrected chi connectivity index (χ0v) is 11.2. The van der Waals surface area contributed by atoms with Gasteiger partial charge >= 0.3 is 5.97 Å². The van der Waals surface area contributed by atoms with Crippen molar-refractivity contribution in [2.75, 3.05) is 5.32 Å². The van der Waals surface area contributed by atoms with Crippen LogP contribution < -0.4 is 11.1 Å². The molecular weight excluding hydrogens is 274 g/mol. The number of rotatable bonds is 5. The van der Waals surface area contributed by atoms with E-state index in [0.717, 1.165) is 18.7 Å². The molecule has 1 aliphatic rings. The van der Waals surface area contributed by atoms with Crippen molar-refractivity contribution in [2.45, 2.75) is 31.2 Å². The standard InChI is InChI=1S/C14H15N3O4/c15-9(6-12(18)19)13(20)16-8-3-4-11-10(5-8)17-14(21-11)7-1-2-7/h3-5,7,9H,1-2,6,15H2,(H,16,20)(H,18,19). The minimum absolute atomic E-state index is 0.413. The molecular formula is C14H15N3O4. The highest BCUT2D eigenvalue weighted by atomic mass is 16.4. The summed E-state index contributed by atoms with van der Waals surface area (Å²) in [6, 6.07) is 4.01. The van der Waals surface area contributed by atoms with E-state index in [4.69, 9.17) is 15.3 Å². The molecule has 21 heavy (non-hydrogen) atoms. The third-order valence-corrected chi connectivity index (χ3v) is 3.33. The number of hydrogen-bond acceptors (Lipinski definition) is 5. The maximum absolute atomic E-state index is 11.8. The highest BCUT2D eigenvalue weighted by molar-refractivity contribution is 5.97. The van der Waals surface area contributed by atoms with E-state index in [2.05, 4.69) is 10.3 Å². The van der Waals surface area contributed by atoms with Crippen LogP contribution in [0.25, 0.3) is 11.1 Å². The van der Waals surface area contributed by atoms with Crippen LogP contribution in [0.4, 0.5) is 5.69 Å². The van der Waals surface area contributed by atoms with Gasteiger partial charge in [0.15, 0.2) is 11.5 Å². The maximum atomic E-state index is 11.8. The number of carboxylic acids is 1. The number of oxazole rings is 1. The topological polar surface area (TPSA) is 118 Å². The van der Waals surface area contributed by atoms with Crippen LogP contribution in [0.3, 0.4) is 0 Å². The van der Waals surface area contributed by atoms with Gasteiger partial charge in [-0.3, -0.25) is 9.59 Å². The molecule has 7 heteroatoms. The summed E-state index contributed by atoms with van der Waals surface area (Å²) in [5.41, 5.74) is 7.36. The molecule has 4 N–H and O–H groups in total. The summed E-state index contributed by atoms with van der Waals surface area (Å²) in [5, 5.41) is 11.2. The monoisotopic (exact) mass is 289 g/mol. The number of anilines is 1. The molecule has 1 unspecified atom stereocenters. The van der Waals surface area contributed by atoms with Gasteiger partial charge in [-0.2, -0.15) is 0 Å². The molecule has 7 nitrogen and oxygen atoms in total. The molecule has 0 radical (unpaired) electrons. The molecule has 0 spiro atoms. The van der Waals surface area contributed by atoms with Crippen LogP contribution >= 0.6 is 0 Å². The Morgan fingerprint density at radius 1 is 1.48 bits per heavy atom. The molecule has 2 aromatic rings. The van der Waals surface area contributed by atoms with Gasteiger partial charge < -0.3 is 20.6 Å². The third kappa shape index (κ3) is 3.03. The lowest BCUT2D eigenvalue weighted by Crippen LogP contribution is -2.37. The Kier molecular flexibility index (Phi) is 3.34. The highest BCUT2D eigenvalue weighted by Crippen LogP contribution is 2.40. The number of nitrogens with two attached hydrogens (primary N) is 1. The van der Waals surface area contributed by atoms with Gasteiger partial charge in [-0.1, -0.05) is 0 Å². The SMILES string of the molecule is NC(CC(=O)O)C(=O)Nc1ccc2oc(C3CC3)nc2c1. The van der Waals surface area contributed by atoms with Crippen LogP contribution in [0.5, 0.6) is 0 Å². The summed E-state index contributed by atoms with van der Waals surface area (Å²) in [6.45, 7) is 0. The van der Waals surface area contributed by atoms with Crippen molar-refractivity contribution in [3.63, 3.8) is 0 Å². The summed E-state index contributed by atoms with van der Waals surface area (Å²) in [7, 11) is 0. The molecule has 110 valence electrons. The fourth-order valence-electron chi connectivity index (χ4n) is 2.04. The Hall–Kier alpha value is -2.41. The van der Waals surface area contributed by atoms with Gasteiger partial charge in [0, 0.05) is 11.6 Å². The van der Waals surface area contributed by atoms with Crippen molar-refractivity contribution >= 4 is 28.7 Å². The van der Waals surface area contributed by atoms with E-state index in [0.29, 0.717) is 22.7 Å². The van der Waals surface area contributed by atoms with Crippen molar-refractivity contribution in [2.24, 2.45) is 5.73 Å². The molecule has 1 heterocycles. The lowest BCUT2D eigenvalue weighted by molar-refractivity contribution is -0.138. The number of nitrogens with one attached hydrogen (secondary N) is 1. The first-order valence-corrected chi connectivity index (χ1v) is 6.71. The Balaban J connectivity index is 1.74. The number of carbonyl (C=O) groups is 2. The smallest absolute Gasteiger partial charge is 0.305 e. The molecule has 0 bridgehead atoms. The van der Waals surface area contributed by atoms with Crippen molar-refractivity contribution < 1.29 is 19.1 Å². The highest BCUT2D eigenvalue weighted by Gasteiger charge is 2.29. The average molecular weight is 289 g/mol. The van der Waals surface area contributed by atoms with Crippen LogP contribution in [0, 0.1) is 0 Å². The number of amides is 1. The number of aromatic nitrogens is 1. The number of hydrogen-bond donors (Lipinski definition) is 3. The van der Waals surface area contributed by atoms with Gasteiger partial charge in [0.05, 0.1) is 12.5 Å². The van der Waals surface area contributed by atoms with E-state index in [1.165, 1.54) is 0 Å². The van der Waals surface area contributed by atoms with Crippen LogP contribution in [-0.4, -0.2) is 28.0 Å². The lowest BCUT2D eigenvalue weighted by atomic mass is 10.2. The molecule has 0 saturated heterocycles. The molecule has 1 aromatic carbocycles. The van der Waals surface area contributed by atoms with E-state index in [-0.39, 0.29) is 0 Å². The van der Waals surface area contributed by atoms with Gasteiger partial charge in [-0.25, -0.2) is 4.98 Å². The van der Waals surface area contributed by atoms with E-state index in [1.807, 2.05) is 0 Å². The predicted molar refractivity (Wildman–Crippen MR) is 74.8 cm³/mol. The van der Waals surface area contributed by atoms with Crippen LogP contribution in [0.2, 0.25) is 0 Å². The van der Waals surface area contributed by atoms with E-state index in [1.54, 1.807) is 18.2 Å². The van der Waals surface area contributed by atoms with Gasteiger partial charge in [-0.05, 0) is 31.0 Å². The van der Waals surface area contributed by atoms with E-state index < -0.39 is 24.3 Å². The van der Waals surface area contributed by atoms with Crippen LogP contribution in [0.1, 0.15) is 31.1 Å². The van der Waals surface area contributed by atoms with Gasteiger partial charge in [0.1, 0.15) is 5.52 Å². The van der Waals surface area contributed by atoms with Gasteiger partial charge in [0.2, 0.25) is 5.91 Å². The Morgan fingerprint density at radius 2 is 2.24 bits per heavy atom.